The normalized spacial score (nSPS) is 15.9. The molecule has 0 spiro atoms. The minimum atomic E-state index is -3.67. The van der Waals surface area contributed by atoms with Crippen LogP contribution < -0.4 is 15.2 Å². The molecule has 0 bridgehead atoms. The molecule has 9 nitrogen and oxygen atoms in total. The van der Waals surface area contributed by atoms with Gasteiger partial charge in [0.15, 0.2) is 0 Å². The van der Waals surface area contributed by atoms with E-state index in [1.54, 1.807) is 11.5 Å². The van der Waals surface area contributed by atoms with Crippen LogP contribution in [0.4, 0.5) is 5.82 Å². The highest BCUT2D eigenvalue weighted by Crippen LogP contribution is 2.30. The van der Waals surface area contributed by atoms with Crippen molar-refractivity contribution in [3.8, 4) is 5.75 Å². The van der Waals surface area contributed by atoms with E-state index in [1.165, 1.54) is 15.6 Å². The van der Waals surface area contributed by atoms with Crippen LogP contribution in [0.5, 0.6) is 5.75 Å². The first-order valence-electron chi connectivity index (χ1n) is 12.8. The van der Waals surface area contributed by atoms with E-state index in [4.69, 9.17) is 13.7 Å². The molecular weight excluding hydrogens is 524 g/mol. The Kier molecular flexibility index (Phi) is 7.98. The number of nitrogens with zero attached hydrogens (tertiary/aromatic N) is 3. The minimum Gasteiger partial charge on any atom is -0.494 e. The molecule has 0 radical (unpaired) electrons. The molecule has 4 aromatic rings. The molecule has 1 saturated heterocycles. The van der Waals surface area contributed by atoms with E-state index in [0.717, 1.165) is 86.4 Å². The van der Waals surface area contributed by atoms with Gasteiger partial charge in [0.05, 0.1) is 17.6 Å². The number of ether oxygens (including phenoxy) is 1. The van der Waals surface area contributed by atoms with Gasteiger partial charge < -0.3 is 14.6 Å². The number of piperazine rings is 1. The van der Waals surface area contributed by atoms with Gasteiger partial charge in [-0.1, -0.05) is 12.1 Å². The molecule has 2 aromatic carbocycles. The molecule has 11 heteroatoms. The monoisotopic (exact) mass is 556 g/mol. The number of H-pyrrole nitrogens is 1. The minimum absolute atomic E-state index is 0.0757. The second kappa shape index (κ2) is 11.4. The summed E-state index contributed by atoms with van der Waals surface area (Å²) in [5.74, 6) is 2.03. The fraction of sp³-hybridized carbons (Fsp3) is 0.407. The van der Waals surface area contributed by atoms with E-state index in [1.807, 2.05) is 12.1 Å². The number of pyridine rings is 1. The molecule has 2 aliphatic rings. The molecule has 202 valence electrons. The maximum Gasteiger partial charge on any atom is 0.261 e. The van der Waals surface area contributed by atoms with Gasteiger partial charge in [0.25, 0.3) is 15.7 Å². The number of fused-ring (bicyclic) bond motifs is 4. The lowest BCUT2D eigenvalue weighted by Crippen LogP contribution is -2.47. The summed E-state index contributed by atoms with van der Waals surface area (Å²) >= 11 is 1.59. The van der Waals surface area contributed by atoms with E-state index in [9.17, 15) is 13.2 Å². The van der Waals surface area contributed by atoms with Crippen LogP contribution >= 0.6 is 11.5 Å². The quantitative estimate of drug-likeness (QED) is 0.273. The van der Waals surface area contributed by atoms with Gasteiger partial charge in [-0.15, -0.1) is 0 Å². The maximum atomic E-state index is 12.2. The number of aromatic nitrogens is 2. The summed E-state index contributed by atoms with van der Waals surface area (Å²) in [6, 6.07) is 14.6. The fourth-order valence-corrected chi connectivity index (χ4v) is 6.02. The van der Waals surface area contributed by atoms with Crippen LogP contribution in [0.25, 0.3) is 21.0 Å². The first-order valence-corrected chi connectivity index (χ1v) is 15.4. The highest BCUT2D eigenvalue weighted by Gasteiger charge is 2.21. The molecule has 38 heavy (non-hydrogen) atoms. The molecule has 3 heterocycles. The van der Waals surface area contributed by atoms with Gasteiger partial charge in [-0.25, -0.2) is 0 Å². The van der Waals surface area contributed by atoms with Gasteiger partial charge in [-0.2, -0.15) is 12.8 Å². The predicted molar refractivity (Wildman–Crippen MR) is 152 cm³/mol. The van der Waals surface area contributed by atoms with E-state index in [2.05, 4.69) is 45.1 Å². The SMILES string of the molecule is CS(=O)(=O)O.O=c1[nH]c2ccc(OCCCN3CCN(c4nsc5ccccc45)CC3)cc2c2c1CCC2. The summed E-state index contributed by atoms with van der Waals surface area (Å²) in [4.78, 5) is 20.2. The number of rotatable bonds is 6. The van der Waals surface area contributed by atoms with E-state index >= 15 is 0 Å². The first kappa shape index (κ1) is 26.6. The molecule has 1 aliphatic heterocycles. The Morgan fingerprint density at radius 2 is 1.79 bits per heavy atom. The van der Waals surface area contributed by atoms with Crippen LogP contribution in [0.1, 0.15) is 24.0 Å². The van der Waals surface area contributed by atoms with E-state index < -0.39 is 10.1 Å². The number of hydrogen-bond acceptors (Lipinski definition) is 8. The number of nitrogens with one attached hydrogen (secondary N) is 1. The average molecular weight is 557 g/mol. The molecule has 2 aromatic heterocycles. The summed E-state index contributed by atoms with van der Waals surface area (Å²) in [6.07, 6.45) is 4.66. The van der Waals surface area contributed by atoms with Crippen molar-refractivity contribution in [1.82, 2.24) is 14.3 Å². The van der Waals surface area contributed by atoms with Crippen LogP contribution in [0.15, 0.2) is 47.3 Å². The van der Waals surface area contributed by atoms with Crippen LogP contribution in [0, 0.1) is 0 Å². The molecule has 0 atom stereocenters. The third kappa shape index (κ3) is 6.35. The number of aryl methyl sites for hydroxylation is 1. The molecule has 0 saturated carbocycles. The smallest absolute Gasteiger partial charge is 0.261 e. The zero-order chi connectivity index (χ0) is 26.7. The Hall–Kier alpha value is -2.99. The summed E-state index contributed by atoms with van der Waals surface area (Å²) in [7, 11) is -3.67. The maximum absolute atomic E-state index is 12.2. The van der Waals surface area contributed by atoms with Gasteiger partial charge in [0.2, 0.25) is 0 Å². The Morgan fingerprint density at radius 3 is 2.58 bits per heavy atom. The molecule has 6 rings (SSSR count). The van der Waals surface area contributed by atoms with Crippen LogP contribution in [0.3, 0.4) is 0 Å². The molecule has 0 unspecified atom stereocenters. The number of benzene rings is 2. The van der Waals surface area contributed by atoms with Crippen molar-refractivity contribution in [2.24, 2.45) is 0 Å². The second-order valence-electron chi connectivity index (χ2n) is 9.74. The number of hydrogen-bond donors (Lipinski definition) is 2. The van der Waals surface area contributed by atoms with Crippen LogP contribution in [0.2, 0.25) is 0 Å². The van der Waals surface area contributed by atoms with Crippen molar-refractivity contribution in [3.63, 3.8) is 0 Å². The molecule has 1 aliphatic carbocycles. The Balaban J connectivity index is 0.000000540. The van der Waals surface area contributed by atoms with Crippen molar-refractivity contribution in [1.29, 1.82) is 0 Å². The Morgan fingerprint density at radius 1 is 1.05 bits per heavy atom. The van der Waals surface area contributed by atoms with Gasteiger partial charge in [0.1, 0.15) is 11.6 Å². The van der Waals surface area contributed by atoms with E-state index in [0.29, 0.717) is 12.9 Å². The number of anilines is 1. The molecule has 2 N–H and O–H groups in total. The second-order valence-corrected chi connectivity index (χ2v) is 12.0. The highest BCUT2D eigenvalue weighted by molar-refractivity contribution is 7.85. The highest BCUT2D eigenvalue weighted by atomic mass is 32.2. The lowest BCUT2D eigenvalue weighted by molar-refractivity contribution is 0.224. The third-order valence-corrected chi connectivity index (χ3v) is 7.79. The summed E-state index contributed by atoms with van der Waals surface area (Å²) in [6.45, 7) is 5.89. The Labute approximate surface area is 226 Å². The standard InChI is InChI=1S/C26H28N4O2S.CH4O3S/c31-26-20-7-3-6-19(20)22-17-18(9-10-23(22)27-26)32-16-4-11-29-12-14-30(15-13-29)25-21-5-1-2-8-24(21)33-28-25;1-5(2,3)4/h1-2,5,8-10,17H,3-4,6-7,11-16H2,(H,27,31);1H3,(H,2,3,4). The van der Waals surface area contributed by atoms with Crippen LogP contribution in [-0.2, 0) is 23.0 Å². The van der Waals surface area contributed by atoms with E-state index in [-0.39, 0.29) is 5.56 Å². The first-order chi connectivity index (χ1) is 18.3. The predicted octanol–water partition coefficient (Wildman–Crippen LogP) is 3.72. The van der Waals surface area contributed by atoms with Gasteiger partial charge >= 0.3 is 0 Å². The van der Waals surface area contributed by atoms with Crippen molar-refractivity contribution in [3.05, 3.63) is 63.9 Å². The molecule has 0 amide bonds. The van der Waals surface area contributed by atoms with Crippen molar-refractivity contribution in [2.45, 2.75) is 25.7 Å². The molecule has 1 fully saturated rings. The lowest BCUT2D eigenvalue weighted by atomic mass is 10.1. The lowest BCUT2D eigenvalue weighted by Gasteiger charge is -2.35. The zero-order valence-electron chi connectivity index (χ0n) is 21.4. The number of aromatic amines is 1. The average Bonchev–Trinajstić information content (AvgIpc) is 3.55. The topological polar surface area (TPSA) is 116 Å². The van der Waals surface area contributed by atoms with Crippen molar-refractivity contribution in [2.75, 3.05) is 50.5 Å². The van der Waals surface area contributed by atoms with Crippen molar-refractivity contribution < 1.29 is 17.7 Å². The van der Waals surface area contributed by atoms with Crippen molar-refractivity contribution >= 4 is 48.5 Å². The third-order valence-electron chi connectivity index (χ3n) is 6.97. The van der Waals surface area contributed by atoms with Gasteiger partial charge in [-0.3, -0.25) is 14.2 Å². The summed E-state index contributed by atoms with van der Waals surface area (Å²) in [5.41, 5.74) is 3.17. The zero-order valence-corrected chi connectivity index (χ0v) is 23.0. The van der Waals surface area contributed by atoms with Crippen LogP contribution in [-0.4, -0.2) is 72.8 Å². The summed E-state index contributed by atoms with van der Waals surface area (Å²) < 4.78 is 37.9. The van der Waals surface area contributed by atoms with Gasteiger partial charge in [0, 0.05) is 54.6 Å². The summed E-state index contributed by atoms with van der Waals surface area (Å²) in [5, 5.41) is 2.42. The fourth-order valence-electron chi connectivity index (χ4n) is 5.22. The van der Waals surface area contributed by atoms with Gasteiger partial charge in [-0.05, 0) is 73.1 Å². The molecular formula is C27H32N4O5S2. The Bertz CT molecular complexity index is 1580. The largest absolute Gasteiger partial charge is 0.494 e.